The third-order valence-electron chi connectivity index (χ3n) is 7.16. The minimum Gasteiger partial charge on any atom is -0.447 e. The SMILES string of the molecule is CC(=O)O[C@H](C(=O)N1CCC[C@H]1CSC[C@@H]1CCCN1C(=O)[C@@H](OC(C)=O)c1ccccc1)c1ccccc1. The minimum absolute atomic E-state index is 0.0351. The molecule has 0 radical (unpaired) electrons. The van der Waals surface area contributed by atoms with Gasteiger partial charge in [0.1, 0.15) is 0 Å². The Kier molecular flexibility index (Phi) is 10.0. The molecule has 2 amide bonds. The first kappa shape index (κ1) is 28.7. The van der Waals surface area contributed by atoms with Gasteiger partial charge in [0.25, 0.3) is 11.8 Å². The van der Waals surface area contributed by atoms with E-state index in [1.54, 1.807) is 36.0 Å². The second-order valence-corrected chi connectivity index (χ2v) is 11.1. The van der Waals surface area contributed by atoms with E-state index in [9.17, 15) is 19.2 Å². The topological polar surface area (TPSA) is 93.2 Å². The number of rotatable bonds is 10. The third-order valence-corrected chi connectivity index (χ3v) is 8.40. The second kappa shape index (κ2) is 13.6. The van der Waals surface area contributed by atoms with Crippen LogP contribution in [0.25, 0.3) is 0 Å². The molecule has 0 aromatic heterocycles. The van der Waals surface area contributed by atoms with Crippen molar-refractivity contribution in [1.82, 2.24) is 9.80 Å². The maximum Gasteiger partial charge on any atom is 0.303 e. The average Bonchev–Trinajstić information content (AvgIpc) is 3.60. The molecular weight excluding hydrogens is 516 g/mol. The average molecular weight is 553 g/mol. The predicted molar refractivity (Wildman–Crippen MR) is 149 cm³/mol. The molecule has 0 spiro atoms. The molecule has 2 fully saturated rings. The number of thioether (sulfide) groups is 1. The molecule has 9 heteroatoms. The van der Waals surface area contributed by atoms with E-state index in [-0.39, 0.29) is 23.9 Å². The number of carbonyl (C=O) groups is 4. The van der Waals surface area contributed by atoms with Gasteiger partial charge < -0.3 is 19.3 Å². The van der Waals surface area contributed by atoms with Crippen LogP contribution in [0.5, 0.6) is 0 Å². The van der Waals surface area contributed by atoms with Crippen LogP contribution in [0.1, 0.15) is 62.9 Å². The van der Waals surface area contributed by atoms with E-state index in [0.717, 1.165) is 37.2 Å². The van der Waals surface area contributed by atoms with Crippen LogP contribution in [-0.4, -0.2) is 70.2 Å². The third kappa shape index (κ3) is 7.41. The fourth-order valence-corrected chi connectivity index (χ4v) is 6.72. The molecule has 0 aliphatic carbocycles. The number of likely N-dealkylation sites (tertiary alicyclic amines) is 2. The van der Waals surface area contributed by atoms with Crippen molar-refractivity contribution >= 4 is 35.5 Å². The first-order chi connectivity index (χ1) is 18.8. The molecule has 8 nitrogen and oxygen atoms in total. The minimum atomic E-state index is -0.951. The van der Waals surface area contributed by atoms with Crippen molar-refractivity contribution in [2.24, 2.45) is 0 Å². The number of nitrogens with zero attached hydrogens (tertiary/aromatic N) is 2. The van der Waals surface area contributed by atoms with Gasteiger partial charge in [0.15, 0.2) is 0 Å². The summed E-state index contributed by atoms with van der Waals surface area (Å²) in [5.41, 5.74) is 1.33. The van der Waals surface area contributed by atoms with Crippen molar-refractivity contribution in [2.75, 3.05) is 24.6 Å². The van der Waals surface area contributed by atoms with Crippen LogP contribution < -0.4 is 0 Å². The molecule has 2 aliphatic rings. The van der Waals surface area contributed by atoms with Gasteiger partial charge in [0, 0.05) is 61.7 Å². The summed E-state index contributed by atoms with van der Waals surface area (Å²) < 4.78 is 10.9. The lowest BCUT2D eigenvalue weighted by atomic mass is 10.1. The Morgan fingerprint density at radius 3 is 1.46 bits per heavy atom. The summed E-state index contributed by atoms with van der Waals surface area (Å²) in [6.07, 6.45) is 1.66. The Hall–Kier alpha value is -3.33. The van der Waals surface area contributed by atoms with E-state index in [1.165, 1.54) is 13.8 Å². The van der Waals surface area contributed by atoms with Crippen molar-refractivity contribution in [3.63, 3.8) is 0 Å². The number of esters is 2. The first-order valence-electron chi connectivity index (χ1n) is 13.5. The summed E-state index contributed by atoms with van der Waals surface area (Å²) in [5, 5.41) is 0. The number of benzene rings is 2. The molecular formula is C30H36N2O6S. The standard InChI is InChI=1S/C30H36N2O6S/c1-21(33)37-27(23-11-5-3-6-12-23)29(35)31-17-9-15-25(31)19-39-20-26-16-10-18-32(26)30(36)28(38-22(2)34)24-13-7-4-8-14-24/h3-8,11-14,25-28H,9-10,15-20H2,1-2H3/t25-,26-,27-,28-/m0/s1. The molecule has 0 N–H and O–H groups in total. The van der Waals surface area contributed by atoms with Crippen LogP contribution in [0.3, 0.4) is 0 Å². The Labute approximate surface area is 234 Å². The number of ether oxygens (including phenoxy) is 2. The highest BCUT2D eigenvalue weighted by molar-refractivity contribution is 7.99. The van der Waals surface area contributed by atoms with Crippen LogP contribution in [0, 0.1) is 0 Å². The van der Waals surface area contributed by atoms with Gasteiger partial charge in [0.05, 0.1) is 0 Å². The van der Waals surface area contributed by atoms with Crippen molar-refractivity contribution in [3.8, 4) is 0 Å². The van der Waals surface area contributed by atoms with Gasteiger partial charge in [-0.1, -0.05) is 60.7 Å². The Morgan fingerprint density at radius 2 is 1.10 bits per heavy atom. The molecule has 0 bridgehead atoms. The number of amides is 2. The van der Waals surface area contributed by atoms with E-state index in [0.29, 0.717) is 24.2 Å². The lowest BCUT2D eigenvalue weighted by Crippen LogP contribution is -2.42. The van der Waals surface area contributed by atoms with Gasteiger partial charge in [0.2, 0.25) is 12.2 Å². The zero-order valence-corrected chi connectivity index (χ0v) is 23.3. The Balaban J connectivity index is 1.37. The molecule has 208 valence electrons. The summed E-state index contributed by atoms with van der Waals surface area (Å²) >= 11 is 1.73. The maximum absolute atomic E-state index is 13.5. The summed E-state index contributed by atoms with van der Waals surface area (Å²) in [6, 6.07) is 18.3. The molecule has 4 atom stereocenters. The Morgan fingerprint density at radius 1 is 0.718 bits per heavy atom. The van der Waals surface area contributed by atoms with Crippen molar-refractivity contribution in [1.29, 1.82) is 0 Å². The van der Waals surface area contributed by atoms with Crippen molar-refractivity contribution in [3.05, 3.63) is 71.8 Å². The van der Waals surface area contributed by atoms with E-state index in [4.69, 9.17) is 9.47 Å². The van der Waals surface area contributed by atoms with E-state index in [1.807, 2.05) is 46.2 Å². The summed E-state index contributed by atoms with van der Waals surface area (Å²) in [7, 11) is 0. The van der Waals surface area contributed by atoms with Gasteiger partial charge in [-0.05, 0) is 25.7 Å². The number of carbonyl (C=O) groups excluding carboxylic acids is 4. The van der Waals surface area contributed by atoms with Crippen molar-refractivity contribution in [2.45, 2.75) is 63.8 Å². The second-order valence-electron chi connectivity index (χ2n) is 9.99. The lowest BCUT2D eigenvalue weighted by Gasteiger charge is -2.30. The molecule has 2 aliphatic heterocycles. The Bertz CT molecular complexity index is 1060. The monoisotopic (exact) mass is 552 g/mol. The summed E-state index contributed by atoms with van der Waals surface area (Å²) in [5.74, 6) is 0.107. The molecule has 0 saturated carbocycles. The number of hydrogen-bond donors (Lipinski definition) is 0. The van der Waals surface area contributed by atoms with Gasteiger partial charge in [-0.3, -0.25) is 19.2 Å². The maximum atomic E-state index is 13.5. The summed E-state index contributed by atoms with van der Waals surface area (Å²) in [4.78, 5) is 54.2. The molecule has 0 unspecified atom stereocenters. The van der Waals surface area contributed by atoms with Gasteiger partial charge in [-0.25, -0.2) is 0 Å². The van der Waals surface area contributed by atoms with Crippen LogP contribution in [-0.2, 0) is 28.7 Å². The van der Waals surface area contributed by atoms with Gasteiger partial charge in [-0.2, -0.15) is 11.8 Å². The van der Waals surface area contributed by atoms with E-state index < -0.39 is 24.1 Å². The molecule has 4 rings (SSSR count). The van der Waals surface area contributed by atoms with E-state index in [2.05, 4.69) is 0 Å². The lowest BCUT2D eigenvalue weighted by molar-refractivity contribution is -0.159. The molecule has 39 heavy (non-hydrogen) atoms. The van der Waals surface area contributed by atoms with Crippen LogP contribution >= 0.6 is 11.8 Å². The smallest absolute Gasteiger partial charge is 0.303 e. The first-order valence-corrected chi connectivity index (χ1v) is 14.6. The quantitative estimate of drug-likeness (QED) is 0.406. The highest BCUT2D eigenvalue weighted by atomic mass is 32.2. The van der Waals surface area contributed by atoms with Crippen LogP contribution in [0.2, 0.25) is 0 Å². The fraction of sp³-hybridized carbons (Fsp3) is 0.467. The normalized spacial score (nSPS) is 20.4. The zero-order chi connectivity index (χ0) is 27.8. The van der Waals surface area contributed by atoms with E-state index >= 15 is 0 Å². The van der Waals surface area contributed by atoms with Gasteiger partial charge >= 0.3 is 11.9 Å². The van der Waals surface area contributed by atoms with Gasteiger partial charge in [-0.15, -0.1) is 0 Å². The number of hydrogen-bond acceptors (Lipinski definition) is 7. The highest BCUT2D eigenvalue weighted by Gasteiger charge is 2.38. The van der Waals surface area contributed by atoms with Crippen molar-refractivity contribution < 1.29 is 28.7 Å². The van der Waals surface area contributed by atoms with Crippen LogP contribution in [0.15, 0.2) is 60.7 Å². The predicted octanol–water partition coefficient (Wildman–Crippen LogP) is 4.31. The molecule has 2 aromatic carbocycles. The highest BCUT2D eigenvalue weighted by Crippen LogP contribution is 2.31. The fourth-order valence-electron chi connectivity index (χ4n) is 5.35. The van der Waals surface area contributed by atoms with Crippen LogP contribution in [0.4, 0.5) is 0 Å². The molecule has 2 aromatic rings. The summed E-state index contributed by atoms with van der Waals surface area (Å²) in [6.45, 7) is 3.89. The zero-order valence-electron chi connectivity index (χ0n) is 22.5. The molecule has 2 saturated heterocycles. The largest absolute Gasteiger partial charge is 0.447 e. The molecule has 2 heterocycles.